The van der Waals surface area contributed by atoms with Gasteiger partial charge in [-0.2, -0.15) is 0 Å². The Balaban J connectivity index is 0.000000386. The second kappa shape index (κ2) is 15.5. The Bertz CT molecular complexity index is 1880. The highest BCUT2D eigenvalue weighted by molar-refractivity contribution is 6.21. The first-order chi connectivity index (χ1) is 21.5. The molecule has 0 aliphatic rings. The average Bonchev–Trinajstić information content (AvgIpc) is 3.06. The SMILES string of the molecule is Cc1ccc(-c2c3ccccc3c(-c3ccc(C)cc3)c3cc(-c4ccccc4)ccc23)cc1.N=C/C=C\N.N=C/C=C\N. The van der Waals surface area contributed by atoms with Crippen LogP contribution in [-0.2, 0) is 0 Å². The Morgan fingerprint density at radius 2 is 0.841 bits per heavy atom. The molecule has 0 atom stereocenters. The van der Waals surface area contributed by atoms with Crippen LogP contribution in [-0.4, -0.2) is 12.4 Å². The largest absolute Gasteiger partial charge is 0.405 e. The highest BCUT2D eigenvalue weighted by atomic mass is 14.5. The molecule has 0 aliphatic heterocycles. The lowest BCUT2D eigenvalue weighted by Crippen LogP contribution is -1.92. The fourth-order valence-corrected chi connectivity index (χ4v) is 5.16. The number of nitrogens with two attached hydrogens (primary N) is 2. The standard InChI is InChI=1S/C34H26.2C3H6N2/c1-23-12-16-26(17-13-23)33-29-10-6-7-11-30(29)34(27-18-14-24(2)15-19-27)32-22-28(20-21-31(32)33)25-8-4-3-5-9-25;2*4-2-1-3-5/h3-22H,1-2H3;2*1-4H,5H2/b;2*3-1-,4-2?. The average molecular weight is 575 g/mol. The molecular weight excluding hydrogens is 536 g/mol. The summed E-state index contributed by atoms with van der Waals surface area (Å²) in [6, 6.07) is 44.4. The van der Waals surface area contributed by atoms with E-state index in [2.05, 4.69) is 135 Å². The highest BCUT2D eigenvalue weighted by Crippen LogP contribution is 2.44. The molecule has 0 fully saturated rings. The van der Waals surface area contributed by atoms with Crippen molar-refractivity contribution in [2.24, 2.45) is 11.5 Å². The van der Waals surface area contributed by atoms with Crippen LogP contribution in [0.4, 0.5) is 0 Å². The molecule has 0 saturated carbocycles. The molecular formula is C40H38N4. The summed E-state index contributed by atoms with van der Waals surface area (Å²) in [6.45, 7) is 4.29. The van der Waals surface area contributed by atoms with E-state index in [1.54, 1.807) is 0 Å². The van der Waals surface area contributed by atoms with Gasteiger partial charge in [0.1, 0.15) is 0 Å². The van der Waals surface area contributed by atoms with Gasteiger partial charge in [0.25, 0.3) is 0 Å². The molecule has 0 unspecified atom stereocenters. The summed E-state index contributed by atoms with van der Waals surface area (Å²) < 4.78 is 0. The quantitative estimate of drug-likeness (QED) is 0.122. The van der Waals surface area contributed by atoms with E-state index in [1.165, 1.54) is 90.6 Å². The van der Waals surface area contributed by atoms with Gasteiger partial charge in [-0.3, -0.25) is 0 Å². The Labute approximate surface area is 260 Å². The molecule has 0 amide bonds. The van der Waals surface area contributed by atoms with Crippen LogP contribution in [0.1, 0.15) is 11.1 Å². The molecule has 0 aromatic heterocycles. The number of rotatable bonds is 5. The predicted molar refractivity (Wildman–Crippen MR) is 191 cm³/mol. The van der Waals surface area contributed by atoms with Crippen molar-refractivity contribution in [2.45, 2.75) is 13.8 Å². The zero-order chi connectivity index (χ0) is 31.3. The third-order valence-electron chi connectivity index (χ3n) is 7.23. The van der Waals surface area contributed by atoms with E-state index in [0.29, 0.717) is 0 Å². The molecule has 0 aliphatic carbocycles. The van der Waals surface area contributed by atoms with Crippen molar-refractivity contribution < 1.29 is 0 Å². The molecule has 44 heavy (non-hydrogen) atoms. The summed E-state index contributed by atoms with van der Waals surface area (Å²) >= 11 is 0. The number of fused-ring (bicyclic) bond motifs is 2. The monoisotopic (exact) mass is 574 g/mol. The number of benzene rings is 6. The van der Waals surface area contributed by atoms with Crippen molar-refractivity contribution in [3.05, 3.63) is 157 Å². The Hall–Kier alpha value is -5.74. The second-order valence-electron chi connectivity index (χ2n) is 10.3. The van der Waals surface area contributed by atoms with Gasteiger partial charge >= 0.3 is 0 Å². The van der Waals surface area contributed by atoms with E-state index >= 15 is 0 Å². The van der Waals surface area contributed by atoms with E-state index in [-0.39, 0.29) is 0 Å². The third kappa shape index (κ3) is 7.36. The normalized spacial score (nSPS) is 10.7. The van der Waals surface area contributed by atoms with Crippen LogP contribution < -0.4 is 11.5 Å². The number of hydrogen-bond acceptors (Lipinski definition) is 4. The molecule has 0 spiro atoms. The maximum absolute atomic E-state index is 6.31. The van der Waals surface area contributed by atoms with E-state index in [0.717, 1.165) is 12.4 Å². The van der Waals surface area contributed by atoms with Crippen LogP contribution >= 0.6 is 0 Å². The fraction of sp³-hybridized carbons (Fsp3) is 0.0500. The van der Waals surface area contributed by atoms with Crippen molar-refractivity contribution in [1.82, 2.24) is 0 Å². The number of aryl methyl sites for hydroxylation is 2. The summed E-state index contributed by atoms with van der Waals surface area (Å²) in [5, 5.41) is 17.8. The van der Waals surface area contributed by atoms with Gasteiger partial charge in [-0.05, 0) is 99.4 Å². The molecule has 0 radical (unpaired) electrons. The van der Waals surface area contributed by atoms with Gasteiger partial charge in [0, 0.05) is 12.4 Å². The Morgan fingerprint density at radius 3 is 1.27 bits per heavy atom. The molecule has 0 heterocycles. The molecule has 4 heteroatoms. The van der Waals surface area contributed by atoms with Crippen molar-refractivity contribution >= 4 is 34.0 Å². The van der Waals surface area contributed by atoms with Crippen LogP contribution in [0.25, 0.3) is 54.9 Å². The maximum atomic E-state index is 6.31. The topological polar surface area (TPSA) is 99.7 Å². The molecule has 6 N–H and O–H groups in total. The van der Waals surface area contributed by atoms with Gasteiger partial charge < -0.3 is 22.3 Å². The van der Waals surface area contributed by atoms with Crippen LogP contribution in [0.3, 0.4) is 0 Å². The van der Waals surface area contributed by atoms with Crippen LogP contribution in [0.2, 0.25) is 0 Å². The van der Waals surface area contributed by atoms with Crippen LogP contribution in [0, 0.1) is 24.7 Å². The first-order valence-electron chi connectivity index (χ1n) is 14.4. The zero-order valence-electron chi connectivity index (χ0n) is 25.2. The minimum atomic E-state index is 1.12. The Kier molecular flexibility index (Phi) is 11.0. The number of nitrogens with one attached hydrogen (secondary N) is 2. The van der Waals surface area contributed by atoms with E-state index in [9.17, 15) is 0 Å². The van der Waals surface area contributed by atoms with Crippen molar-refractivity contribution in [1.29, 1.82) is 10.8 Å². The third-order valence-corrected chi connectivity index (χ3v) is 7.23. The summed E-state index contributed by atoms with van der Waals surface area (Å²) in [5.41, 5.74) is 19.8. The van der Waals surface area contributed by atoms with E-state index in [4.69, 9.17) is 22.3 Å². The predicted octanol–water partition coefficient (Wildman–Crippen LogP) is 9.83. The van der Waals surface area contributed by atoms with Crippen LogP contribution in [0.15, 0.2) is 146 Å². The number of allylic oxidation sites excluding steroid dienone is 2. The van der Waals surface area contributed by atoms with Gasteiger partial charge in [0.05, 0.1) is 0 Å². The lowest BCUT2D eigenvalue weighted by atomic mass is 9.84. The minimum Gasteiger partial charge on any atom is -0.405 e. The highest BCUT2D eigenvalue weighted by Gasteiger charge is 2.17. The Morgan fingerprint density at radius 1 is 0.432 bits per heavy atom. The fourth-order valence-electron chi connectivity index (χ4n) is 5.16. The molecule has 0 bridgehead atoms. The van der Waals surface area contributed by atoms with Crippen molar-refractivity contribution in [3.63, 3.8) is 0 Å². The summed E-state index contributed by atoms with van der Waals surface area (Å²) in [7, 11) is 0. The maximum Gasteiger partial charge on any atom is 0.0192 e. The van der Waals surface area contributed by atoms with Crippen molar-refractivity contribution in [2.75, 3.05) is 0 Å². The van der Waals surface area contributed by atoms with Gasteiger partial charge in [0.2, 0.25) is 0 Å². The number of hydrogen-bond donors (Lipinski definition) is 4. The van der Waals surface area contributed by atoms with Crippen LogP contribution in [0.5, 0.6) is 0 Å². The second-order valence-corrected chi connectivity index (χ2v) is 10.3. The van der Waals surface area contributed by atoms with Gasteiger partial charge in [-0.15, -0.1) is 0 Å². The zero-order valence-corrected chi connectivity index (χ0v) is 25.2. The lowest BCUT2D eigenvalue weighted by molar-refractivity contribution is 1.47. The molecule has 6 rings (SSSR count). The van der Waals surface area contributed by atoms with E-state index in [1.807, 2.05) is 0 Å². The van der Waals surface area contributed by atoms with Gasteiger partial charge in [-0.25, -0.2) is 0 Å². The van der Waals surface area contributed by atoms with Gasteiger partial charge in [-0.1, -0.05) is 126 Å². The first kappa shape index (κ1) is 31.2. The van der Waals surface area contributed by atoms with E-state index < -0.39 is 0 Å². The van der Waals surface area contributed by atoms with Gasteiger partial charge in [0.15, 0.2) is 0 Å². The molecule has 4 nitrogen and oxygen atoms in total. The molecule has 6 aromatic rings. The summed E-state index contributed by atoms with van der Waals surface area (Å²) in [4.78, 5) is 0. The molecule has 6 aromatic carbocycles. The van der Waals surface area contributed by atoms with Crippen molar-refractivity contribution in [3.8, 4) is 33.4 Å². The minimum absolute atomic E-state index is 1.12. The molecule has 0 saturated heterocycles. The summed E-state index contributed by atoms with van der Waals surface area (Å²) in [5.74, 6) is 0. The first-order valence-corrected chi connectivity index (χ1v) is 14.4. The summed E-state index contributed by atoms with van der Waals surface area (Å²) in [6.07, 6.45) is 7.76. The molecule has 218 valence electrons. The smallest absolute Gasteiger partial charge is 0.0192 e. The lowest BCUT2D eigenvalue weighted by Gasteiger charge is -2.19.